The molecule has 4 aromatic carbocycles. The minimum atomic E-state index is -1.34. The average Bonchev–Trinajstić information content (AvgIpc) is 3.57. The number of hydrogen-bond acceptors (Lipinski definition) is 5. The van der Waals surface area contributed by atoms with Crippen LogP contribution in [0.1, 0.15) is 79.1 Å². The summed E-state index contributed by atoms with van der Waals surface area (Å²) in [6.07, 6.45) is 2.56. The number of benzene rings is 4. The van der Waals surface area contributed by atoms with Crippen molar-refractivity contribution in [3.8, 4) is 0 Å². The Hall–Kier alpha value is -2.38. The highest BCUT2D eigenvalue weighted by molar-refractivity contribution is 7.98. The van der Waals surface area contributed by atoms with Gasteiger partial charge in [0, 0.05) is 45.6 Å². The standard InChI is InChI=1S/C18H19F2NOS2.C14H11F2NS.C4H8O.ClH/c1-18(2,3)24(22)21-17-11-8-9-14(19)16(20)13(11)10-23-15-7-5-4-6-12(15)17;15-11-6-5-8-10(13(11)16)7-18-12-4-2-1-3-9(12)14(8)17;1-2-4-5-3-1;/h4-9,17,21H,10H2,1-3H3;1-6,14H,7,17H2;1-4H2;1H/t17-,24-;14-;;/m00../s1. The molecule has 12 heteroatoms. The van der Waals surface area contributed by atoms with Gasteiger partial charge in [0.25, 0.3) is 0 Å². The van der Waals surface area contributed by atoms with Crippen LogP contribution < -0.4 is 10.5 Å². The van der Waals surface area contributed by atoms with Crippen molar-refractivity contribution < 1.29 is 26.5 Å². The maximum absolute atomic E-state index is 14.3. The molecule has 48 heavy (non-hydrogen) atoms. The van der Waals surface area contributed by atoms with Gasteiger partial charge >= 0.3 is 0 Å². The molecule has 258 valence electrons. The van der Waals surface area contributed by atoms with E-state index in [9.17, 15) is 21.8 Å². The van der Waals surface area contributed by atoms with Crippen molar-refractivity contribution in [1.82, 2.24) is 4.72 Å². The molecule has 0 amide bonds. The number of thioether (sulfide) groups is 2. The van der Waals surface area contributed by atoms with Crippen LogP contribution in [0.2, 0.25) is 0 Å². The monoisotopic (exact) mass is 738 g/mol. The maximum Gasteiger partial charge on any atom is 0.163 e. The van der Waals surface area contributed by atoms with Crippen molar-refractivity contribution in [1.29, 1.82) is 0 Å². The van der Waals surface area contributed by atoms with Crippen LogP contribution in [-0.4, -0.2) is 22.2 Å². The average molecular weight is 739 g/mol. The lowest BCUT2D eigenvalue weighted by molar-refractivity contribution is 0.198. The van der Waals surface area contributed by atoms with Crippen LogP contribution in [0, 0.1) is 23.3 Å². The van der Waals surface area contributed by atoms with E-state index < -0.39 is 51.1 Å². The number of rotatable bonds is 2. The molecule has 0 unspecified atom stereocenters. The van der Waals surface area contributed by atoms with Gasteiger partial charge in [0.05, 0.1) is 27.8 Å². The SMILES string of the molecule is C1CCOC1.CC(C)(C)[S@](=O)N[C@@H]1c2ccccc2SCc2c1ccc(F)c2F.Cl.N[C@@H]1c2ccccc2SCc2c1ccc(F)c2F. The molecule has 3 heterocycles. The van der Waals surface area contributed by atoms with E-state index in [4.69, 9.17) is 10.5 Å². The molecule has 0 radical (unpaired) electrons. The fourth-order valence-electron chi connectivity index (χ4n) is 5.35. The van der Waals surface area contributed by atoms with Crippen molar-refractivity contribution in [2.75, 3.05) is 13.2 Å². The van der Waals surface area contributed by atoms with Crippen molar-refractivity contribution in [3.63, 3.8) is 0 Å². The first kappa shape index (κ1) is 38.4. The Labute approximate surface area is 297 Å². The predicted octanol–water partition coefficient (Wildman–Crippen LogP) is 9.55. The van der Waals surface area contributed by atoms with Gasteiger partial charge in [-0.25, -0.2) is 26.5 Å². The second-order valence-electron chi connectivity index (χ2n) is 12.2. The summed E-state index contributed by atoms with van der Waals surface area (Å²) < 4.78 is 75.4. The normalized spacial score (nSPS) is 18.4. The molecule has 0 saturated carbocycles. The summed E-state index contributed by atoms with van der Waals surface area (Å²) in [6, 6.07) is 20.0. The van der Waals surface area contributed by atoms with Crippen LogP contribution in [0.3, 0.4) is 0 Å². The Morgan fingerprint density at radius 3 is 1.73 bits per heavy atom. The van der Waals surface area contributed by atoms with Gasteiger partial charge in [-0.1, -0.05) is 48.5 Å². The lowest BCUT2D eigenvalue weighted by atomic mass is 9.95. The van der Waals surface area contributed by atoms with Crippen LogP contribution in [0.5, 0.6) is 0 Å². The van der Waals surface area contributed by atoms with Crippen molar-refractivity contribution in [2.45, 2.75) is 71.7 Å². The number of nitrogens with two attached hydrogens (primary N) is 1. The number of nitrogens with one attached hydrogen (secondary N) is 1. The third-order valence-electron chi connectivity index (χ3n) is 7.95. The Bertz CT molecular complexity index is 1740. The Morgan fingerprint density at radius 1 is 0.729 bits per heavy atom. The van der Waals surface area contributed by atoms with Gasteiger partial charge in [0.15, 0.2) is 23.3 Å². The van der Waals surface area contributed by atoms with Gasteiger partial charge < -0.3 is 10.5 Å². The largest absolute Gasteiger partial charge is 0.381 e. The predicted molar refractivity (Wildman–Crippen MR) is 191 cm³/mol. The minimum Gasteiger partial charge on any atom is -0.381 e. The first-order chi connectivity index (χ1) is 22.5. The molecule has 4 aromatic rings. The van der Waals surface area contributed by atoms with Crippen molar-refractivity contribution >= 4 is 46.9 Å². The second-order valence-corrected chi connectivity index (χ2v) is 16.3. The number of hydrogen-bond donors (Lipinski definition) is 2. The first-order valence-electron chi connectivity index (χ1n) is 15.4. The molecule has 0 aromatic heterocycles. The van der Waals surface area contributed by atoms with Gasteiger partial charge in [-0.3, -0.25) is 0 Å². The van der Waals surface area contributed by atoms with Crippen LogP contribution in [0.15, 0.2) is 82.6 Å². The van der Waals surface area contributed by atoms with E-state index in [-0.39, 0.29) is 12.4 Å². The first-order valence-corrected chi connectivity index (χ1v) is 18.5. The van der Waals surface area contributed by atoms with Gasteiger partial charge in [0.2, 0.25) is 0 Å². The van der Waals surface area contributed by atoms with E-state index >= 15 is 0 Å². The fourth-order valence-corrected chi connectivity index (χ4v) is 8.42. The smallest absolute Gasteiger partial charge is 0.163 e. The molecular formula is C36H39ClF4N2O2S3. The third-order valence-corrected chi connectivity index (χ3v) is 11.7. The van der Waals surface area contributed by atoms with Gasteiger partial charge in [-0.15, -0.1) is 35.9 Å². The van der Waals surface area contributed by atoms with Crippen LogP contribution in [0.4, 0.5) is 17.6 Å². The summed E-state index contributed by atoms with van der Waals surface area (Å²) >= 11 is 2.96. The van der Waals surface area contributed by atoms with Gasteiger partial charge in [0.1, 0.15) is 0 Å². The van der Waals surface area contributed by atoms with E-state index in [1.165, 1.54) is 36.4 Å². The summed E-state index contributed by atoms with van der Waals surface area (Å²) in [5, 5.41) is 0. The van der Waals surface area contributed by atoms with Crippen LogP contribution >= 0.6 is 35.9 Å². The van der Waals surface area contributed by atoms with E-state index in [2.05, 4.69) is 4.72 Å². The molecular weight excluding hydrogens is 700 g/mol. The summed E-state index contributed by atoms with van der Waals surface area (Å²) in [4.78, 5) is 2.01. The summed E-state index contributed by atoms with van der Waals surface area (Å²) in [6.45, 7) is 7.62. The molecule has 3 aliphatic heterocycles. The zero-order valence-corrected chi connectivity index (χ0v) is 30.1. The minimum absolute atomic E-state index is 0. The van der Waals surface area contributed by atoms with Gasteiger partial charge in [-0.05, 0) is 80.1 Å². The van der Waals surface area contributed by atoms with Gasteiger partial charge in [-0.2, -0.15) is 0 Å². The molecule has 3 aliphatic rings. The molecule has 1 saturated heterocycles. The summed E-state index contributed by atoms with van der Waals surface area (Å²) in [5.74, 6) is -2.51. The molecule has 1 fully saturated rings. The molecule has 4 nitrogen and oxygen atoms in total. The maximum atomic E-state index is 14.3. The number of ether oxygens (including phenoxy) is 1. The Balaban J connectivity index is 0.000000190. The molecule has 0 spiro atoms. The van der Waals surface area contributed by atoms with Crippen LogP contribution in [-0.2, 0) is 27.2 Å². The number of halogens is 5. The molecule has 7 rings (SSSR count). The molecule has 0 bridgehead atoms. The zero-order valence-electron chi connectivity index (χ0n) is 26.9. The molecule has 3 N–H and O–H groups in total. The summed E-state index contributed by atoms with van der Waals surface area (Å²) in [7, 11) is -1.34. The zero-order chi connectivity index (χ0) is 33.7. The highest BCUT2D eigenvalue weighted by atomic mass is 35.5. The Kier molecular flexibility index (Phi) is 13.6. The van der Waals surface area contributed by atoms with E-state index in [0.29, 0.717) is 33.8 Å². The molecule has 0 aliphatic carbocycles. The lowest BCUT2D eigenvalue weighted by Crippen LogP contribution is -2.36. The second kappa shape index (κ2) is 17.0. The van der Waals surface area contributed by atoms with E-state index in [1.54, 1.807) is 12.1 Å². The highest BCUT2D eigenvalue weighted by Crippen LogP contribution is 2.42. The Morgan fingerprint density at radius 2 is 1.21 bits per heavy atom. The number of fused-ring (bicyclic) bond motifs is 4. The van der Waals surface area contributed by atoms with E-state index in [0.717, 1.165) is 46.3 Å². The topological polar surface area (TPSA) is 64.3 Å². The lowest BCUT2D eigenvalue weighted by Gasteiger charge is -2.26. The highest BCUT2D eigenvalue weighted by Gasteiger charge is 2.31. The fraction of sp³-hybridized carbons (Fsp3) is 0.333. The van der Waals surface area contributed by atoms with Crippen LogP contribution in [0.25, 0.3) is 0 Å². The molecule has 3 atom stereocenters. The van der Waals surface area contributed by atoms with E-state index in [1.807, 2.05) is 69.3 Å². The third kappa shape index (κ3) is 8.85. The van der Waals surface area contributed by atoms with Crippen molar-refractivity contribution in [3.05, 3.63) is 129 Å². The summed E-state index contributed by atoms with van der Waals surface area (Å²) in [5.41, 5.74) is 10.1. The quantitative estimate of drug-likeness (QED) is 0.201. The van der Waals surface area contributed by atoms with Crippen molar-refractivity contribution in [2.24, 2.45) is 5.73 Å².